The van der Waals surface area contributed by atoms with Gasteiger partial charge in [0, 0.05) is 45.0 Å². The maximum Gasteiger partial charge on any atom is 0.343 e. The van der Waals surface area contributed by atoms with Gasteiger partial charge in [-0.2, -0.15) is 0 Å². The third-order valence-corrected chi connectivity index (χ3v) is 9.64. The summed E-state index contributed by atoms with van der Waals surface area (Å²) in [5, 5.41) is 16.6. The van der Waals surface area contributed by atoms with Crippen LogP contribution in [0.3, 0.4) is 0 Å². The lowest BCUT2D eigenvalue weighted by Crippen LogP contribution is -2.49. The van der Waals surface area contributed by atoms with Crippen molar-refractivity contribution in [2.45, 2.75) is 65.3 Å². The Labute approximate surface area is 270 Å². The van der Waals surface area contributed by atoms with Crippen molar-refractivity contribution in [1.29, 1.82) is 0 Å². The van der Waals surface area contributed by atoms with Crippen molar-refractivity contribution in [2.75, 3.05) is 45.9 Å². The Kier molecular flexibility index (Phi) is 11.2. The summed E-state index contributed by atoms with van der Waals surface area (Å²) in [5.74, 6) is 2.36. The Morgan fingerprint density at radius 2 is 1.48 bits per heavy atom. The molecular weight excluding hydrogens is 584 g/mol. The number of nitrogens with one attached hydrogen (secondary N) is 2. The molecule has 3 aliphatic rings. The molecule has 6 rings (SSSR count). The van der Waals surface area contributed by atoms with E-state index in [1.54, 1.807) is 4.90 Å². The first-order chi connectivity index (χ1) is 22.2. The largest absolute Gasteiger partial charge is 0.507 e. The van der Waals surface area contributed by atoms with Crippen molar-refractivity contribution in [2.24, 2.45) is 11.8 Å². The molecule has 3 amide bonds. The highest BCUT2D eigenvalue weighted by atomic mass is 16.5. The maximum atomic E-state index is 12.7. The van der Waals surface area contributed by atoms with Crippen LogP contribution in [0.1, 0.15) is 61.3 Å². The average Bonchev–Trinajstić information content (AvgIpc) is 3.48. The molecule has 3 N–H and O–H groups in total. The van der Waals surface area contributed by atoms with Gasteiger partial charge in [0.05, 0.1) is 12.6 Å². The van der Waals surface area contributed by atoms with Crippen molar-refractivity contribution in [1.82, 2.24) is 29.9 Å². The lowest BCUT2D eigenvalue weighted by molar-refractivity contribution is -0.131. The van der Waals surface area contributed by atoms with Crippen LogP contribution in [-0.4, -0.2) is 87.5 Å². The van der Waals surface area contributed by atoms with Gasteiger partial charge in [-0.15, -0.1) is 5.10 Å². The molecule has 0 atom stereocenters. The third kappa shape index (κ3) is 8.37. The van der Waals surface area contributed by atoms with Gasteiger partial charge >= 0.3 is 11.7 Å². The quantitative estimate of drug-likeness (QED) is 0.378. The summed E-state index contributed by atoms with van der Waals surface area (Å²) >= 11 is 0. The average molecular weight is 633 g/mol. The number of benzene rings is 2. The van der Waals surface area contributed by atoms with Gasteiger partial charge in [-0.05, 0) is 82.3 Å². The number of ether oxygens (including phenoxy) is 1. The molecule has 248 valence electrons. The monoisotopic (exact) mass is 632 g/mol. The number of H-pyrrole nitrogens is 1. The van der Waals surface area contributed by atoms with Crippen LogP contribution in [0.5, 0.6) is 5.75 Å². The second kappa shape index (κ2) is 15.4. The van der Waals surface area contributed by atoms with E-state index in [1.165, 1.54) is 10.2 Å². The number of likely N-dealkylation sites (tertiary alicyclic amines) is 2. The first kappa shape index (κ1) is 33.2. The zero-order chi connectivity index (χ0) is 32.6. The van der Waals surface area contributed by atoms with Crippen LogP contribution in [0.4, 0.5) is 4.79 Å². The number of aromatic amines is 1. The van der Waals surface area contributed by atoms with Crippen LogP contribution in [0.2, 0.25) is 0 Å². The Morgan fingerprint density at radius 1 is 0.891 bits per heavy atom. The molecule has 11 heteroatoms. The highest BCUT2D eigenvalue weighted by Gasteiger charge is 2.30. The minimum absolute atomic E-state index is 0.0137. The molecular formula is C35H48N6O5. The Balaban J connectivity index is 0.000000356. The van der Waals surface area contributed by atoms with E-state index in [-0.39, 0.29) is 30.2 Å². The third-order valence-electron chi connectivity index (χ3n) is 9.64. The van der Waals surface area contributed by atoms with E-state index in [1.807, 2.05) is 68.1 Å². The minimum Gasteiger partial charge on any atom is -0.507 e. The van der Waals surface area contributed by atoms with Gasteiger partial charge in [0.25, 0.3) is 0 Å². The van der Waals surface area contributed by atoms with Crippen LogP contribution in [0, 0.1) is 32.6 Å². The van der Waals surface area contributed by atoms with Crippen molar-refractivity contribution in [3.05, 3.63) is 69.6 Å². The summed E-state index contributed by atoms with van der Waals surface area (Å²) in [6.07, 6.45) is 5.62. The summed E-state index contributed by atoms with van der Waals surface area (Å²) in [7, 11) is 0. The maximum absolute atomic E-state index is 12.7. The number of phenolic OH excluding ortho intramolecular Hbond substituents is 1. The number of aromatic nitrogens is 3. The Morgan fingerprint density at radius 3 is 2.11 bits per heavy atom. The van der Waals surface area contributed by atoms with Crippen molar-refractivity contribution >= 4 is 11.9 Å². The first-order valence-corrected chi connectivity index (χ1v) is 16.6. The van der Waals surface area contributed by atoms with Crippen LogP contribution in [0.15, 0.2) is 47.3 Å². The van der Waals surface area contributed by atoms with Gasteiger partial charge in [-0.3, -0.25) is 9.78 Å². The number of piperidine rings is 2. The topological polar surface area (TPSA) is 133 Å². The molecule has 0 unspecified atom stereocenters. The van der Waals surface area contributed by atoms with Gasteiger partial charge in [0.2, 0.25) is 5.91 Å². The molecule has 0 bridgehead atoms. The number of hydrogen-bond donors (Lipinski definition) is 3. The number of carbonyl (C=O) groups excluding carboxylic acids is 2. The molecule has 46 heavy (non-hydrogen) atoms. The van der Waals surface area contributed by atoms with Gasteiger partial charge < -0.3 is 25.0 Å². The van der Waals surface area contributed by atoms with E-state index in [4.69, 9.17) is 4.74 Å². The number of hydrogen-bond acceptors (Lipinski definition) is 6. The van der Waals surface area contributed by atoms with E-state index >= 15 is 0 Å². The van der Waals surface area contributed by atoms with Gasteiger partial charge in [-0.1, -0.05) is 48.0 Å². The van der Waals surface area contributed by atoms with Gasteiger partial charge in [0.15, 0.2) is 5.82 Å². The van der Waals surface area contributed by atoms with E-state index in [0.29, 0.717) is 43.4 Å². The number of aromatic hydroxyl groups is 1. The van der Waals surface area contributed by atoms with E-state index < -0.39 is 0 Å². The molecule has 1 aromatic heterocycles. The first-order valence-electron chi connectivity index (χ1n) is 16.6. The summed E-state index contributed by atoms with van der Waals surface area (Å²) < 4.78 is 6.98. The predicted molar refractivity (Wildman–Crippen MR) is 177 cm³/mol. The van der Waals surface area contributed by atoms with Gasteiger partial charge in [0.1, 0.15) is 5.75 Å². The molecule has 3 aliphatic heterocycles. The summed E-state index contributed by atoms with van der Waals surface area (Å²) in [6.45, 7) is 10.2. The second-order valence-electron chi connectivity index (χ2n) is 12.9. The van der Waals surface area contributed by atoms with E-state index in [9.17, 15) is 19.5 Å². The number of amides is 3. The normalized spacial score (nSPS) is 18.2. The zero-order valence-corrected chi connectivity index (χ0v) is 27.3. The molecule has 3 fully saturated rings. The highest BCUT2D eigenvalue weighted by Crippen LogP contribution is 2.32. The summed E-state index contributed by atoms with van der Waals surface area (Å²) in [6, 6.07) is 13.2. The molecule has 0 radical (unpaired) electrons. The molecule has 0 saturated carbocycles. The van der Waals surface area contributed by atoms with Crippen molar-refractivity contribution in [3.63, 3.8) is 0 Å². The lowest BCUT2D eigenvalue weighted by atomic mass is 9.80. The van der Waals surface area contributed by atoms with Crippen molar-refractivity contribution < 1.29 is 19.4 Å². The molecule has 3 saturated heterocycles. The molecule has 4 heterocycles. The number of carbonyl (C=O) groups is 2. The van der Waals surface area contributed by atoms with E-state index in [2.05, 4.69) is 15.4 Å². The smallest absolute Gasteiger partial charge is 0.343 e. The number of urea groups is 1. The number of rotatable bonds is 5. The molecule has 3 aromatic rings. The van der Waals surface area contributed by atoms with E-state index in [0.717, 1.165) is 74.6 Å². The zero-order valence-electron chi connectivity index (χ0n) is 27.3. The number of nitrogens with zero attached hydrogens (tertiary/aromatic N) is 4. The Hall–Kier alpha value is -4.12. The number of phenols is 1. The fourth-order valence-corrected chi connectivity index (χ4v) is 6.98. The van der Waals surface area contributed by atoms with Crippen LogP contribution >= 0.6 is 0 Å². The van der Waals surface area contributed by atoms with Crippen LogP contribution < -0.4 is 11.0 Å². The summed E-state index contributed by atoms with van der Waals surface area (Å²) in [5.41, 5.74) is 3.74. The molecule has 0 aliphatic carbocycles. The van der Waals surface area contributed by atoms with Crippen molar-refractivity contribution in [3.8, 4) is 17.1 Å². The molecule has 11 nitrogen and oxygen atoms in total. The molecule has 2 aromatic carbocycles. The predicted octanol–water partition coefficient (Wildman–Crippen LogP) is 4.57. The fourth-order valence-electron chi connectivity index (χ4n) is 6.98. The lowest BCUT2D eigenvalue weighted by Gasteiger charge is -2.37. The second-order valence-corrected chi connectivity index (χ2v) is 12.9. The minimum atomic E-state index is -0.233. The van der Waals surface area contributed by atoms with Crippen LogP contribution in [-0.2, 0) is 9.53 Å². The van der Waals surface area contributed by atoms with Gasteiger partial charge in [-0.25, -0.2) is 14.3 Å². The van der Waals surface area contributed by atoms with Crippen LogP contribution in [0.25, 0.3) is 11.4 Å². The number of aryl methyl sites for hydroxylation is 3. The highest BCUT2D eigenvalue weighted by molar-refractivity contribution is 5.84. The summed E-state index contributed by atoms with van der Waals surface area (Å²) in [4.78, 5) is 44.3. The SMILES string of the molecule is Cc1cc(C)c(O)c(C)c1.O=C(CNC(=O)N1CCC(n2nc(-c3ccccc3)[nH]c2=O)CC1)N1CCC(C2CCOCC2)CC1. The Bertz CT molecular complexity index is 1490. The molecule has 0 spiro atoms. The fraction of sp³-hybridized carbons (Fsp3) is 0.543. The standard InChI is InChI=1S/C26H36N6O4.C9H12O/c33-23(30-12-6-19(7-13-30)20-10-16-36-17-11-20)18-27-25(34)31-14-8-22(9-15-31)32-26(35)28-24(29-32)21-4-2-1-3-5-21;1-6-4-7(2)9(10)8(3)5-6/h1-5,19-20,22H,6-18H2,(H,27,34)(H,28,29,35);4-5,10H,1-3H3.